The molecule has 0 amide bonds. The summed E-state index contributed by atoms with van der Waals surface area (Å²) in [7, 11) is 0. The van der Waals surface area contributed by atoms with Gasteiger partial charge < -0.3 is 4.57 Å². The number of aromatic nitrogens is 1. The molecule has 0 aliphatic heterocycles. The third-order valence-electron chi connectivity index (χ3n) is 2.43. The lowest BCUT2D eigenvalue weighted by Crippen LogP contribution is -2.03. The molecule has 0 saturated carbocycles. The first-order valence-corrected chi connectivity index (χ1v) is 5.03. The summed E-state index contributed by atoms with van der Waals surface area (Å²) in [4.78, 5) is 0. The minimum absolute atomic E-state index is 0.363. The molecular formula is C12H12ClN. The largest absolute Gasteiger partial charge is 0.347 e. The monoisotopic (exact) mass is 205 g/mol. The highest BCUT2D eigenvalue weighted by molar-refractivity contribution is 6.30. The molecule has 0 bridgehead atoms. The summed E-state index contributed by atoms with van der Waals surface area (Å²) in [5, 5.41) is 0.786. The van der Waals surface area contributed by atoms with Gasteiger partial charge in [-0.1, -0.05) is 23.7 Å². The highest BCUT2D eigenvalue weighted by atomic mass is 35.5. The van der Waals surface area contributed by atoms with Gasteiger partial charge in [-0.2, -0.15) is 0 Å². The molecule has 14 heavy (non-hydrogen) atoms. The molecule has 1 atom stereocenters. The van der Waals surface area contributed by atoms with Crippen molar-refractivity contribution in [3.05, 3.63) is 59.4 Å². The van der Waals surface area contributed by atoms with Gasteiger partial charge in [-0.05, 0) is 36.8 Å². The van der Waals surface area contributed by atoms with Gasteiger partial charge in [0.05, 0.1) is 6.04 Å². The molecule has 0 fully saturated rings. The zero-order chi connectivity index (χ0) is 9.97. The Kier molecular flexibility index (Phi) is 2.60. The summed E-state index contributed by atoms with van der Waals surface area (Å²) >= 11 is 5.83. The van der Waals surface area contributed by atoms with E-state index in [2.05, 4.69) is 36.0 Å². The number of hydrogen-bond acceptors (Lipinski definition) is 0. The van der Waals surface area contributed by atoms with Crippen molar-refractivity contribution in [2.45, 2.75) is 13.0 Å². The molecule has 72 valence electrons. The van der Waals surface area contributed by atoms with Gasteiger partial charge in [-0.3, -0.25) is 0 Å². The van der Waals surface area contributed by atoms with Crippen molar-refractivity contribution in [2.24, 2.45) is 0 Å². The molecule has 1 aromatic carbocycles. The number of rotatable bonds is 2. The predicted octanol–water partition coefficient (Wildman–Crippen LogP) is 3.75. The number of benzene rings is 1. The molecule has 2 heteroatoms. The summed E-state index contributed by atoms with van der Waals surface area (Å²) in [6.07, 6.45) is 4.14. The van der Waals surface area contributed by atoms with Crippen molar-refractivity contribution < 1.29 is 0 Å². The maximum atomic E-state index is 5.83. The van der Waals surface area contributed by atoms with E-state index in [-0.39, 0.29) is 0 Å². The second-order valence-corrected chi connectivity index (χ2v) is 3.79. The van der Waals surface area contributed by atoms with Gasteiger partial charge in [-0.15, -0.1) is 0 Å². The van der Waals surface area contributed by atoms with E-state index < -0.39 is 0 Å². The van der Waals surface area contributed by atoms with E-state index in [1.54, 1.807) is 0 Å². The third kappa shape index (κ3) is 1.83. The first-order chi connectivity index (χ1) is 6.77. The second kappa shape index (κ2) is 3.89. The molecule has 2 aromatic rings. The lowest BCUT2D eigenvalue weighted by atomic mass is 10.1. The van der Waals surface area contributed by atoms with Crippen LogP contribution in [0.3, 0.4) is 0 Å². The molecule has 1 nitrogen and oxygen atoms in total. The molecule has 0 spiro atoms. The van der Waals surface area contributed by atoms with E-state index in [9.17, 15) is 0 Å². The summed E-state index contributed by atoms with van der Waals surface area (Å²) in [6, 6.07) is 12.4. The molecular weight excluding hydrogens is 194 g/mol. The van der Waals surface area contributed by atoms with Crippen molar-refractivity contribution >= 4 is 11.6 Å². The molecule has 1 heterocycles. The standard InChI is InChI=1S/C12H12ClN/c1-10(14-8-2-3-9-14)11-4-6-12(13)7-5-11/h2-10H,1H3. The Labute approximate surface area is 88.9 Å². The van der Waals surface area contributed by atoms with Crippen LogP contribution in [0.5, 0.6) is 0 Å². The van der Waals surface area contributed by atoms with Crippen LogP contribution in [-0.2, 0) is 0 Å². The van der Waals surface area contributed by atoms with Crippen LogP contribution in [0.15, 0.2) is 48.8 Å². The quantitative estimate of drug-likeness (QED) is 0.704. The minimum Gasteiger partial charge on any atom is -0.347 e. The summed E-state index contributed by atoms with van der Waals surface area (Å²) in [6.45, 7) is 2.17. The smallest absolute Gasteiger partial charge is 0.0551 e. The average Bonchev–Trinajstić information content (AvgIpc) is 2.71. The molecule has 0 radical (unpaired) electrons. The summed E-state index contributed by atoms with van der Waals surface area (Å²) in [5.41, 5.74) is 1.27. The van der Waals surface area contributed by atoms with E-state index in [1.165, 1.54) is 5.56 Å². The second-order valence-electron chi connectivity index (χ2n) is 3.36. The van der Waals surface area contributed by atoms with Crippen molar-refractivity contribution in [1.82, 2.24) is 4.57 Å². The average molecular weight is 206 g/mol. The topological polar surface area (TPSA) is 4.93 Å². The van der Waals surface area contributed by atoms with E-state index in [0.29, 0.717) is 6.04 Å². The van der Waals surface area contributed by atoms with E-state index in [1.807, 2.05) is 24.3 Å². The first kappa shape index (κ1) is 9.35. The lowest BCUT2D eigenvalue weighted by Gasteiger charge is -2.13. The van der Waals surface area contributed by atoms with Crippen LogP contribution in [0.25, 0.3) is 0 Å². The van der Waals surface area contributed by atoms with Gasteiger partial charge in [0.15, 0.2) is 0 Å². The highest BCUT2D eigenvalue weighted by Crippen LogP contribution is 2.19. The van der Waals surface area contributed by atoms with E-state index in [0.717, 1.165) is 5.02 Å². The van der Waals surface area contributed by atoms with Gasteiger partial charge >= 0.3 is 0 Å². The molecule has 0 N–H and O–H groups in total. The van der Waals surface area contributed by atoms with Crippen LogP contribution in [0, 0.1) is 0 Å². The van der Waals surface area contributed by atoms with Gasteiger partial charge in [0, 0.05) is 17.4 Å². The number of hydrogen-bond donors (Lipinski definition) is 0. The van der Waals surface area contributed by atoms with E-state index >= 15 is 0 Å². The Morgan fingerprint density at radius 3 is 2.21 bits per heavy atom. The minimum atomic E-state index is 0.363. The maximum absolute atomic E-state index is 5.83. The normalized spacial score (nSPS) is 12.7. The van der Waals surface area contributed by atoms with Crippen LogP contribution in [0.2, 0.25) is 5.02 Å². The molecule has 2 rings (SSSR count). The van der Waals surface area contributed by atoms with Crippen LogP contribution in [0.1, 0.15) is 18.5 Å². The Hall–Kier alpha value is -1.21. The van der Waals surface area contributed by atoms with Crippen molar-refractivity contribution in [3.63, 3.8) is 0 Å². The fraction of sp³-hybridized carbons (Fsp3) is 0.167. The van der Waals surface area contributed by atoms with Gasteiger partial charge in [0.1, 0.15) is 0 Å². The molecule has 1 aromatic heterocycles. The van der Waals surface area contributed by atoms with Gasteiger partial charge in [0.2, 0.25) is 0 Å². The number of nitrogens with zero attached hydrogens (tertiary/aromatic N) is 1. The van der Waals surface area contributed by atoms with Crippen LogP contribution in [0.4, 0.5) is 0 Å². The lowest BCUT2D eigenvalue weighted by molar-refractivity contribution is 0.643. The molecule has 0 aliphatic rings. The van der Waals surface area contributed by atoms with E-state index in [4.69, 9.17) is 11.6 Å². The Balaban J connectivity index is 2.28. The zero-order valence-corrected chi connectivity index (χ0v) is 8.78. The molecule has 0 saturated heterocycles. The van der Waals surface area contributed by atoms with Crippen LogP contribution >= 0.6 is 11.6 Å². The number of halogens is 1. The Morgan fingerprint density at radius 2 is 1.64 bits per heavy atom. The van der Waals surface area contributed by atoms with Crippen molar-refractivity contribution in [1.29, 1.82) is 0 Å². The zero-order valence-electron chi connectivity index (χ0n) is 8.02. The summed E-state index contributed by atoms with van der Waals surface area (Å²) in [5.74, 6) is 0. The summed E-state index contributed by atoms with van der Waals surface area (Å²) < 4.78 is 2.17. The van der Waals surface area contributed by atoms with Crippen molar-refractivity contribution in [2.75, 3.05) is 0 Å². The van der Waals surface area contributed by atoms with Crippen LogP contribution in [-0.4, -0.2) is 4.57 Å². The van der Waals surface area contributed by atoms with Gasteiger partial charge in [0.25, 0.3) is 0 Å². The fourth-order valence-electron chi connectivity index (χ4n) is 1.52. The van der Waals surface area contributed by atoms with Gasteiger partial charge in [-0.25, -0.2) is 0 Å². The maximum Gasteiger partial charge on any atom is 0.0551 e. The Bertz CT molecular complexity index is 389. The highest BCUT2D eigenvalue weighted by Gasteiger charge is 2.05. The Morgan fingerprint density at radius 1 is 1.07 bits per heavy atom. The first-order valence-electron chi connectivity index (χ1n) is 4.65. The molecule has 0 aliphatic carbocycles. The fourth-order valence-corrected chi connectivity index (χ4v) is 1.65. The van der Waals surface area contributed by atoms with Crippen molar-refractivity contribution in [3.8, 4) is 0 Å². The third-order valence-corrected chi connectivity index (χ3v) is 2.68. The SMILES string of the molecule is CC(c1ccc(Cl)cc1)n1cccc1. The predicted molar refractivity (Wildman–Crippen MR) is 59.7 cm³/mol. The molecule has 1 unspecified atom stereocenters. The van der Waals surface area contributed by atoms with Crippen LogP contribution < -0.4 is 0 Å².